The average molecular weight is 489 g/mol. The molecule has 31 heavy (non-hydrogen) atoms. The third-order valence-electron chi connectivity index (χ3n) is 5.01. The Hall–Kier alpha value is -2.34. The monoisotopic (exact) mass is 488 g/mol. The second-order valence-electron chi connectivity index (χ2n) is 8.48. The van der Waals surface area contributed by atoms with E-state index in [1.165, 1.54) is 5.56 Å². The highest BCUT2D eigenvalue weighted by Gasteiger charge is 2.27. The lowest BCUT2D eigenvalue weighted by Crippen LogP contribution is -2.50. The molecule has 1 unspecified atom stereocenters. The van der Waals surface area contributed by atoms with Crippen molar-refractivity contribution in [1.29, 1.82) is 0 Å². The van der Waals surface area contributed by atoms with Crippen LogP contribution in [0.15, 0.2) is 46.9 Å². The van der Waals surface area contributed by atoms with Gasteiger partial charge in [-0.05, 0) is 72.8 Å². The average Bonchev–Trinajstić information content (AvgIpc) is 2.69. The number of benzene rings is 2. The maximum Gasteiger partial charge on any atom is 0.261 e. The number of carbonyl (C=O) groups is 2. The molecule has 2 rings (SSSR count). The van der Waals surface area contributed by atoms with Gasteiger partial charge in [0.2, 0.25) is 5.91 Å². The molecule has 0 bridgehead atoms. The lowest BCUT2D eigenvalue weighted by atomic mass is 10.0. The lowest BCUT2D eigenvalue weighted by molar-refractivity contribution is -0.142. The van der Waals surface area contributed by atoms with Crippen LogP contribution in [0.3, 0.4) is 0 Å². The largest absolute Gasteiger partial charge is 0.483 e. The number of amides is 2. The zero-order valence-electron chi connectivity index (χ0n) is 19.2. The first-order valence-corrected chi connectivity index (χ1v) is 11.5. The first-order valence-electron chi connectivity index (χ1n) is 10.7. The van der Waals surface area contributed by atoms with E-state index in [4.69, 9.17) is 4.74 Å². The maximum absolute atomic E-state index is 13.1. The molecule has 0 aliphatic carbocycles. The van der Waals surface area contributed by atoms with Crippen molar-refractivity contribution in [2.45, 2.75) is 66.1 Å². The summed E-state index contributed by atoms with van der Waals surface area (Å²) in [4.78, 5) is 27.3. The Labute approximate surface area is 194 Å². The first-order chi connectivity index (χ1) is 14.6. The zero-order chi connectivity index (χ0) is 23.1. The Balaban J connectivity index is 2.18. The molecule has 1 N–H and O–H groups in total. The summed E-state index contributed by atoms with van der Waals surface area (Å²) in [7, 11) is 0. The van der Waals surface area contributed by atoms with Crippen LogP contribution in [0.5, 0.6) is 5.75 Å². The van der Waals surface area contributed by atoms with Gasteiger partial charge < -0.3 is 15.0 Å². The standard InChI is InChI=1S/C25H33BrN2O3/c1-16(2)21-10-11-23(22(26)13-21)31-15-24(29)28(19(6)25(30)27-17(3)4)14-20-9-7-8-18(5)12-20/h7-13,16-17,19H,14-15H2,1-6H3,(H,27,30). The highest BCUT2D eigenvalue weighted by Crippen LogP contribution is 2.29. The van der Waals surface area contributed by atoms with Crippen molar-refractivity contribution in [3.63, 3.8) is 0 Å². The van der Waals surface area contributed by atoms with Crippen molar-refractivity contribution in [3.8, 4) is 5.75 Å². The van der Waals surface area contributed by atoms with E-state index < -0.39 is 6.04 Å². The minimum atomic E-state index is -0.620. The van der Waals surface area contributed by atoms with Crippen molar-refractivity contribution in [2.75, 3.05) is 6.61 Å². The van der Waals surface area contributed by atoms with E-state index in [1.54, 1.807) is 11.8 Å². The summed E-state index contributed by atoms with van der Waals surface area (Å²) < 4.78 is 6.62. The summed E-state index contributed by atoms with van der Waals surface area (Å²) >= 11 is 3.53. The molecule has 0 fully saturated rings. The van der Waals surface area contributed by atoms with Gasteiger partial charge in [-0.15, -0.1) is 0 Å². The Morgan fingerprint density at radius 1 is 1.06 bits per heavy atom. The predicted molar refractivity (Wildman–Crippen MR) is 128 cm³/mol. The molecule has 0 aliphatic rings. The minimum Gasteiger partial charge on any atom is -0.483 e. The molecule has 2 aromatic carbocycles. The predicted octanol–water partition coefficient (Wildman–Crippen LogP) is 5.20. The smallest absolute Gasteiger partial charge is 0.261 e. The highest BCUT2D eigenvalue weighted by molar-refractivity contribution is 9.10. The summed E-state index contributed by atoms with van der Waals surface area (Å²) in [6, 6.07) is 13.2. The number of nitrogens with one attached hydrogen (secondary N) is 1. The van der Waals surface area contributed by atoms with E-state index in [0.717, 1.165) is 15.6 Å². The molecule has 0 saturated heterocycles. The van der Waals surface area contributed by atoms with E-state index in [2.05, 4.69) is 35.1 Å². The number of ether oxygens (including phenoxy) is 1. The number of rotatable bonds is 9. The van der Waals surface area contributed by atoms with Gasteiger partial charge in [0.15, 0.2) is 6.61 Å². The van der Waals surface area contributed by atoms with Crippen molar-refractivity contribution in [3.05, 3.63) is 63.6 Å². The van der Waals surface area contributed by atoms with E-state index >= 15 is 0 Å². The fourth-order valence-electron chi connectivity index (χ4n) is 3.21. The Morgan fingerprint density at radius 2 is 1.77 bits per heavy atom. The summed E-state index contributed by atoms with van der Waals surface area (Å²) in [6.07, 6.45) is 0. The van der Waals surface area contributed by atoms with Crippen molar-refractivity contribution >= 4 is 27.7 Å². The Kier molecular flexibility index (Phi) is 9.11. The zero-order valence-corrected chi connectivity index (χ0v) is 20.8. The van der Waals surface area contributed by atoms with Crippen LogP contribution in [0.25, 0.3) is 0 Å². The topological polar surface area (TPSA) is 58.6 Å². The molecule has 0 spiro atoms. The van der Waals surface area contributed by atoms with E-state index in [-0.39, 0.29) is 24.5 Å². The maximum atomic E-state index is 13.1. The molecule has 1 atom stereocenters. The molecule has 0 aromatic heterocycles. The number of halogens is 1. The number of carbonyl (C=O) groups excluding carboxylic acids is 2. The van der Waals surface area contributed by atoms with Gasteiger partial charge in [-0.2, -0.15) is 0 Å². The van der Waals surface area contributed by atoms with Crippen LogP contribution >= 0.6 is 15.9 Å². The molecule has 0 radical (unpaired) electrons. The van der Waals surface area contributed by atoms with Crippen molar-refractivity contribution in [1.82, 2.24) is 10.2 Å². The molecule has 168 valence electrons. The summed E-state index contributed by atoms with van der Waals surface area (Å²) in [5, 5.41) is 2.89. The Bertz CT molecular complexity index is 911. The van der Waals surface area contributed by atoms with Crippen LogP contribution in [-0.4, -0.2) is 35.4 Å². The summed E-state index contributed by atoms with van der Waals surface area (Å²) in [5.74, 6) is 0.580. The van der Waals surface area contributed by atoms with Crippen LogP contribution in [0.4, 0.5) is 0 Å². The number of hydrogen-bond donors (Lipinski definition) is 1. The van der Waals surface area contributed by atoms with E-state index in [9.17, 15) is 9.59 Å². The highest BCUT2D eigenvalue weighted by atomic mass is 79.9. The van der Waals surface area contributed by atoms with Gasteiger partial charge in [-0.25, -0.2) is 0 Å². The third-order valence-corrected chi connectivity index (χ3v) is 5.63. The fraction of sp³-hybridized carbons (Fsp3) is 0.440. The number of aryl methyl sites for hydroxylation is 1. The summed E-state index contributed by atoms with van der Waals surface area (Å²) in [6.45, 7) is 12.0. The molecular formula is C25H33BrN2O3. The van der Waals surface area contributed by atoms with Crippen LogP contribution in [-0.2, 0) is 16.1 Å². The lowest BCUT2D eigenvalue weighted by Gasteiger charge is -2.29. The molecule has 0 heterocycles. The third kappa shape index (κ3) is 7.39. The van der Waals surface area contributed by atoms with E-state index in [0.29, 0.717) is 18.2 Å². The van der Waals surface area contributed by atoms with Gasteiger partial charge in [-0.3, -0.25) is 9.59 Å². The van der Waals surface area contributed by atoms with Crippen molar-refractivity contribution < 1.29 is 14.3 Å². The molecule has 0 saturated carbocycles. The molecular weight excluding hydrogens is 456 g/mol. The quantitative estimate of drug-likeness (QED) is 0.527. The molecule has 2 aromatic rings. The minimum absolute atomic E-state index is 0.00227. The summed E-state index contributed by atoms with van der Waals surface area (Å²) in [5.41, 5.74) is 3.26. The molecule has 6 heteroatoms. The van der Waals surface area contributed by atoms with Crippen molar-refractivity contribution in [2.24, 2.45) is 0 Å². The van der Waals surface area contributed by atoms with Crippen LogP contribution in [0.2, 0.25) is 0 Å². The number of hydrogen-bond acceptors (Lipinski definition) is 3. The van der Waals surface area contributed by atoms with Crippen LogP contribution in [0, 0.1) is 6.92 Å². The number of nitrogens with zero attached hydrogens (tertiary/aromatic N) is 1. The van der Waals surface area contributed by atoms with Crippen LogP contribution in [0.1, 0.15) is 57.2 Å². The normalized spacial score (nSPS) is 12.0. The second-order valence-corrected chi connectivity index (χ2v) is 9.34. The second kappa shape index (κ2) is 11.3. The SMILES string of the molecule is Cc1cccc(CN(C(=O)COc2ccc(C(C)C)cc2Br)C(C)C(=O)NC(C)C)c1. The van der Waals surface area contributed by atoms with Gasteiger partial charge in [-0.1, -0.05) is 49.7 Å². The fourth-order valence-corrected chi connectivity index (χ4v) is 3.72. The van der Waals surface area contributed by atoms with Gasteiger partial charge in [0.05, 0.1) is 4.47 Å². The first kappa shape index (κ1) is 24.9. The van der Waals surface area contributed by atoms with Gasteiger partial charge >= 0.3 is 0 Å². The van der Waals surface area contributed by atoms with E-state index in [1.807, 2.05) is 63.2 Å². The molecule has 5 nitrogen and oxygen atoms in total. The Morgan fingerprint density at radius 3 is 2.35 bits per heavy atom. The molecule has 0 aliphatic heterocycles. The van der Waals surface area contributed by atoms with Crippen LogP contribution < -0.4 is 10.1 Å². The van der Waals surface area contributed by atoms with Gasteiger partial charge in [0, 0.05) is 12.6 Å². The molecule has 2 amide bonds. The van der Waals surface area contributed by atoms with Gasteiger partial charge in [0.25, 0.3) is 5.91 Å². The van der Waals surface area contributed by atoms with Gasteiger partial charge in [0.1, 0.15) is 11.8 Å².